The summed E-state index contributed by atoms with van der Waals surface area (Å²) in [6.07, 6.45) is -5.51. The molecular formula is C6H8KO9P. The third-order valence-corrected chi connectivity index (χ3v) is 2.25. The van der Waals surface area contributed by atoms with E-state index in [0.717, 1.165) is 0 Å². The van der Waals surface area contributed by atoms with Gasteiger partial charge in [0.2, 0.25) is 11.9 Å². The molecule has 2 unspecified atom stereocenters. The fourth-order valence-electron chi connectivity index (χ4n) is 1.10. The Morgan fingerprint density at radius 2 is 2.06 bits per heavy atom. The predicted molar refractivity (Wildman–Crippen MR) is 42.7 cm³/mol. The summed E-state index contributed by atoms with van der Waals surface area (Å²) < 4.78 is 18.4. The second kappa shape index (κ2) is 6.82. The molecule has 4 atom stereocenters. The number of Topliss-reactive ketones (excluding diaryl/α,β-unsaturated/α-hetero) is 1. The van der Waals surface area contributed by atoms with Crippen LogP contribution in [0.5, 0.6) is 0 Å². The third-order valence-electron chi connectivity index (χ3n) is 1.77. The Morgan fingerprint density at radius 3 is 2.47 bits per heavy atom. The zero-order valence-corrected chi connectivity index (χ0v) is 12.7. The summed E-state index contributed by atoms with van der Waals surface area (Å²) in [7, 11) is -5.27. The van der Waals surface area contributed by atoms with E-state index in [9.17, 15) is 19.0 Å². The van der Waals surface area contributed by atoms with Crippen LogP contribution in [0.25, 0.3) is 0 Å². The van der Waals surface area contributed by atoms with Crippen LogP contribution in [0.15, 0.2) is 0 Å². The summed E-state index contributed by atoms with van der Waals surface area (Å²) in [4.78, 5) is 40.9. The second-order valence-corrected chi connectivity index (χ2v) is 4.11. The van der Waals surface area contributed by atoms with Crippen LogP contribution in [0.1, 0.15) is 0 Å². The first-order valence-corrected chi connectivity index (χ1v) is 5.51. The molecule has 0 spiro atoms. The zero-order chi connectivity index (χ0) is 12.5. The number of rotatable bonds is 4. The molecule has 0 saturated carbocycles. The maximum atomic E-state index is 11.3. The van der Waals surface area contributed by atoms with Gasteiger partial charge >= 0.3 is 57.4 Å². The summed E-state index contributed by atoms with van der Waals surface area (Å²) >= 11 is 0. The van der Waals surface area contributed by atoms with Crippen LogP contribution < -0.4 is 56.3 Å². The molecule has 1 heterocycles. The summed E-state index contributed by atoms with van der Waals surface area (Å²) in [5, 5.41) is 17.6. The fraction of sp³-hybridized carbons (Fsp3) is 0.667. The van der Waals surface area contributed by atoms with Gasteiger partial charge in [0.25, 0.3) is 7.82 Å². The topological polar surface area (TPSA) is 153 Å². The number of aliphatic hydroxyl groups is 2. The van der Waals surface area contributed by atoms with Gasteiger partial charge in [-0.15, -0.1) is 0 Å². The van der Waals surface area contributed by atoms with Crippen molar-refractivity contribution in [3.63, 3.8) is 0 Å². The van der Waals surface area contributed by atoms with E-state index in [0.29, 0.717) is 0 Å². The van der Waals surface area contributed by atoms with E-state index in [4.69, 9.17) is 15.1 Å². The Hall–Kier alpha value is 0.806. The van der Waals surface area contributed by atoms with Crippen molar-refractivity contribution in [1.82, 2.24) is 0 Å². The van der Waals surface area contributed by atoms with Crippen LogP contribution in [0.3, 0.4) is 0 Å². The number of phosphoric acid groups is 1. The first-order valence-electron chi connectivity index (χ1n) is 4.01. The number of ether oxygens (including phenoxy) is 1. The normalized spacial score (nSPS) is 29.2. The number of aliphatic hydroxyl groups excluding tert-OH is 2. The second-order valence-electron chi connectivity index (χ2n) is 2.96. The van der Waals surface area contributed by atoms with E-state index in [1.807, 2.05) is 0 Å². The van der Waals surface area contributed by atoms with E-state index in [-0.39, 0.29) is 51.4 Å². The van der Waals surface area contributed by atoms with Crippen LogP contribution in [0.4, 0.5) is 0 Å². The van der Waals surface area contributed by atoms with Gasteiger partial charge < -0.3 is 24.7 Å². The summed E-state index contributed by atoms with van der Waals surface area (Å²) in [6, 6.07) is 0. The molecule has 3 N–H and O–H groups in total. The van der Waals surface area contributed by atoms with Crippen molar-refractivity contribution < 1.29 is 94.8 Å². The average molecular weight is 294 g/mol. The Kier molecular flexibility index (Phi) is 7.15. The van der Waals surface area contributed by atoms with Crippen LogP contribution in [0.2, 0.25) is 0 Å². The molecule has 0 aromatic rings. The van der Waals surface area contributed by atoms with E-state index in [2.05, 4.69) is 9.26 Å². The molecule has 17 heavy (non-hydrogen) atoms. The number of hydrogen-bond acceptors (Lipinski definition) is 8. The van der Waals surface area contributed by atoms with E-state index >= 15 is 0 Å². The van der Waals surface area contributed by atoms with Gasteiger partial charge in [-0.25, -0.2) is 4.79 Å². The van der Waals surface area contributed by atoms with Gasteiger partial charge in [0.15, 0.2) is 6.10 Å². The van der Waals surface area contributed by atoms with E-state index < -0.39 is 44.5 Å². The van der Waals surface area contributed by atoms with Gasteiger partial charge in [-0.2, -0.15) is 0 Å². The maximum Gasteiger partial charge on any atom is 1.00 e. The standard InChI is InChI=1S/C6H9O9P.K/c7-1-2(8)4-3(9)5(6(10)14-4)15-16(11,12)13;/h2,4-5,7-8H,1H2,(H2,11,12,13);/q;+1/p-1/t2-,4-,5?;/m1./s1. The number of phosphoric ester groups is 1. The fourth-order valence-corrected chi connectivity index (χ4v) is 1.56. The molecular weight excluding hydrogens is 286 g/mol. The summed E-state index contributed by atoms with van der Waals surface area (Å²) in [5.41, 5.74) is 0. The van der Waals surface area contributed by atoms with Crippen molar-refractivity contribution in [2.45, 2.75) is 18.3 Å². The summed E-state index contributed by atoms with van der Waals surface area (Å²) in [6.45, 7) is -0.857. The Bertz CT molecular complexity index is 351. The van der Waals surface area contributed by atoms with Gasteiger partial charge in [-0.3, -0.25) is 13.9 Å². The molecule has 0 aliphatic carbocycles. The minimum absolute atomic E-state index is 0. The van der Waals surface area contributed by atoms with Gasteiger partial charge in [-0.05, 0) is 0 Å². The number of esters is 1. The molecule has 11 heteroatoms. The predicted octanol–water partition coefficient (Wildman–Crippen LogP) is -6.32. The van der Waals surface area contributed by atoms with Gasteiger partial charge in [-0.1, -0.05) is 0 Å². The first-order chi connectivity index (χ1) is 7.26. The van der Waals surface area contributed by atoms with Crippen molar-refractivity contribution in [2.24, 2.45) is 0 Å². The quantitative estimate of drug-likeness (QED) is 0.199. The molecule has 1 fully saturated rings. The van der Waals surface area contributed by atoms with Crippen LogP contribution in [-0.4, -0.2) is 51.8 Å². The molecule has 0 aromatic heterocycles. The molecule has 9 nitrogen and oxygen atoms in total. The van der Waals surface area contributed by atoms with Gasteiger partial charge in [0, 0.05) is 0 Å². The van der Waals surface area contributed by atoms with Crippen molar-refractivity contribution in [3.8, 4) is 0 Å². The molecule has 0 amide bonds. The molecule has 1 rings (SSSR count). The first kappa shape index (κ1) is 17.8. The molecule has 1 aliphatic heterocycles. The van der Waals surface area contributed by atoms with Crippen LogP contribution >= 0.6 is 7.82 Å². The minimum Gasteiger partial charge on any atom is -0.756 e. The van der Waals surface area contributed by atoms with Crippen molar-refractivity contribution >= 4 is 19.6 Å². The Balaban J connectivity index is 0.00000256. The van der Waals surface area contributed by atoms with Crippen LogP contribution in [0, 0.1) is 0 Å². The van der Waals surface area contributed by atoms with Gasteiger partial charge in [0.05, 0.1) is 6.61 Å². The Labute approximate surface area is 138 Å². The maximum absolute atomic E-state index is 11.3. The van der Waals surface area contributed by atoms with Crippen LogP contribution in [-0.2, 0) is 23.4 Å². The molecule has 92 valence electrons. The number of ketones is 1. The molecule has 0 aromatic carbocycles. The number of cyclic esters (lactones) is 1. The molecule has 0 bridgehead atoms. The van der Waals surface area contributed by atoms with Crippen molar-refractivity contribution in [1.29, 1.82) is 0 Å². The molecule has 1 saturated heterocycles. The zero-order valence-electron chi connectivity index (χ0n) is 8.68. The smallest absolute Gasteiger partial charge is 0.756 e. The largest absolute Gasteiger partial charge is 1.00 e. The number of hydrogen-bond donors (Lipinski definition) is 3. The number of carbonyl (C=O) groups excluding carboxylic acids is 2. The van der Waals surface area contributed by atoms with Gasteiger partial charge in [0.1, 0.15) is 6.10 Å². The van der Waals surface area contributed by atoms with E-state index in [1.54, 1.807) is 0 Å². The monoisotopic (exact) mass is 294 g/mol. The van der Waals surface area contributed by atoms with Crippen molar-refractivity contribution in [3.05, 3.63) is 0 Å². The minimum atomic E-state index is -5.27. The average Bonchev–Trinajstić information content (AvgIpc) is 2.42. The molecule has 0 radical (unpaired) electrons. The van der Waals surface area contributed by atoms with Crippen molar-refractivity contribution in [2.75, 3.05) is 6.61 Å². The van der Waals surface area contributed by atoms with E-state index in [1.165, 1.54) is 0 Å². The third kappa shape index (κ3) is 4.77. The SMILES string of the molecule is O=C1O[C@H]([C@H](O)CO)C(=O)C1OP(=O)([O-])O.[K+]. The summed E-state index contributed by atoms with van der Waals surface area (Å²) in [5.74, 6) is -2.54. The Morgan fingerprint density at radius 1 is 1.53 bits per heavy atom. The molecule has 1 aliphatic rings. The number of carbonyl (C=O) groups is 2.